The summed E-state index contributed by atoms with van der Waals surface area (Å²) >= 11 is 0. The summed E-state index contributed by atoms with van der Waals surface area (Å²) in [4.78, 5) is 11.3. The van der Waals surface area contributed by atoms with Crippen LogP contribution in [0.5, 0.6) is 5.75 Å². The molecule has 0 aliphatic rings. The smallest absolute Gasteiger partial charge is 0.303 e. The minimum absolute atomic E-state index is 0.142. The van der Waals surface area contributed by atoms with Crippen molar-refractivity contribution in [2.75, 3.05) is 7.11 Å². The van der Waals surface area contributed by atoms with E-state index in [9.17, 15) is 13.6 Å². The number of rotatable bonds is 8. The predicted molar refractivity (Wildman–Crippen MR) is 80.9 cm³/mol. The Morgan fingerprint density at radius 1 is 1.27 bits per heavy atom. The van der Waals surface area contributed by atoms with E-state index in [2.05, 4.69) is 0 Å². The number of halogens is 2. The van der Waals surface area contributed by atoms with Crippen LogP contribution in [0, 0.1) is 0 Å². The average Bonchev–Trinajstić information content (AvgIpc) is 2.49. The first kappa shape index (κ1) is 18.1. The molecule has 1 aromatic carbocycles. The molecule has 0 spiro atoms. The SMILES string of the molecule is CCCCCC(=C(F)F)C(OC(C)=O)c1cccc(OC)c1. The van der Waals surface area contributed by atoms with E-state index >= 15 is 0 Å². The van der Waals surface area contributed by atoms with Crippen LogP contribution in [0.2, 0.25) is 0 Å². The van der Waals surface area contributed by atoms with Crippen molar-refractivity contribution in [1.82, 2.24) is 0 Å². The summed E-state index contributed by atoms with van der Waals surface area (Å²) in [5.74, 6) is -0.0658. The maximum atomic E-state index is 13.4. The van der Waals surface area contributed by atoms with Gasteiger partial charge in [-0.05, 0) is 25.0 Å². The van der Waals surface area contributed by atoms with Gasteiger partial charge in [0, 0.05) is 18.1 Å². The fraction of sp³-hybridized carbons (Fsp3) is 0.471. The lowest BCUT2D eigenvalue weighted by molar-refractivity contribution is -0.145. The van der Waals surface area contributed by atoms with Gasteiger partial charge < -0.3 is 9.47 Å². The summed E-state index contributed by atoms with van der Waals surface area (Å²) in [5, 5.41) is 0. The molecule has 0 saturated carbocycles. The van der Waals surface area contributed by atoms with Crippen molar-refractivity contribution in [3.8, 4) is 5.75 Å². The van der Waals surface area contributed by atoms with E-state index in [-0.39, 0.29) is 12.0 Å². The summed E-state index contributed by atoms with van der Waals surface area (Å²) in [7, 11) is 1.49. The van der Waals surface area contributed by atoms with Crippen molar-refractivity contribution in [3.63, 3.8) is 0 Å². The number of unbranched alkanes of at least 4 members (excludes halogenated alkanes) is 2. The number of hydrogen-bond donors (Lipinski definition) is 0. The van der Waals surface area contributed by atoms with Crippen LogP contribution < -0.4 is 4.74 Å². The third kappa shape index (κ3) is 5.47. The summed E-state index contributed by atoms with van der Waals surface area (Å²) < 4.78 is 37.0. The molecule has 3 nitrogen and oxygen atoms in total. The Bertz CT molecular complexity index is 522. The highest BCUT2D eigenvalue weighted by molar-refractivity contribution is 5.66. The molecule has 0 heterocycles. The van der Waals surface area contributed by atoms with Crippen LogP contribution in [0.15, 0.2) is 35.9 Å². The lowest BCUT2D eigenvalue weighted by Gasteiger charge is -2.20. The van der Waals surface area contributed by atoms with Crippen molar-refractivity contribution >= 4 is 5.97 Å². The summed E-state index contributed by atoms with van der Waals surface area (Å²) in [6, 6.07) is 6.65. The quantitative estimate of drug-likeness (QED) is 0.499. The maximum Gasteiger partial charge on any atom is 0.303 e. The average molecular weight is 312 g/mol. The van der Waals surface area contributed by atoms with Crippen LogP contribution in [0.4, 0.5) is 8.78 Å². The van der Waals surface area contributed by atoms with Crippen molar-refractivity contribution < 1.29 is 23.0 Å². The largest absolute Gasteiger partial charge is 0.497 e. The topological polar surface area (TPSA) is 35.5 Å². The molecule has 1 aromatic rings. The van der Waals surface area contributed by atoms with E-state index in [0.717, 1.165) is 12.8 Å². The summed E-state index contributed by atoms with van der Waals surface area (Å²) in [5.41, 5.74) is 0.339. The first-order chi connectivity index (χ1) is 10.5. The number of carbonyl (C=O) groups is 1. The number of ether oxygens (including phenoxy) is 2. The van der Waals surface area contributed by atoms with Crippen LogP contribution in [-0.2, 0) is 9.53 Å². The second kappa shape index (κ2) is 9.18. The molecule has 5 heteroatoms. The molecule has 0 bridgehead atoms. The van der Waals surface area contributed by atoms with Gasteiger partial charge in [-0.15, -0.1) is 0 Å². The minimum Gasteiger partial charge on any atom is -0.497 e. The molecule has 0 N–H and O–H groups in total. The Hall–Kier alpha value is -1.91. The monoisotopic (exact) mass is 312 g/mol. The molecule has 0 radical (unpaired) electrons. The molecule has 0 aliphatic heterocycles. The third-order valence-corrected chi connectivity index (χ3v) is 3.29. The van der Waals surface area contributed by atoms with Gasteiger partial charge in [-0.2, -0.15) is 8.78 Å². The third-order valence-electron chi connectivity index (χ3n) is 3.29. The van der Waals surface area contributed by atoms with Gasteiger partial charge in [0.15, 0.2) is 6.10 Å². The maximum absolute atomic E-state index is 13.4. The van der Waals surface area contributed by atoms with Crippen LogP contribution in [0.25, 0.3) is 0 Å². The highest BCUT2D eigenvalue weighted by atomic mass is 19.3. The molecule has 0 aliphatic carbocycles. The molecule has 0 fully saturated rings. The summed E-state index contributed by atoms with van der Waals surface area (Å²) in [6.07, 6.45) is -0.254. The van der Waals surface area contributed by atoms with Gasteiger partial charge in [-0.25, -0.2) is 0 Å². The van der Waals surface area contributed by atoms with Crippen molar-refractivity contribution in [1.29, 1.82) is 0 Å². The number of esters is 1. The number of methoxy groups -OCH3 is 1. The zero-order valence-corrected chi connectivity index (χ0v) is 13.2. The molecule has 0 amide bonds. The Balaban J connectivity index is 3.13. The van der Waals surface area contributed by atoms with Gasteiger partial charge >= 0.3 is 5.97 Å². The molecular formula is C17H22F2O3. The Morgan fingerprint density at radius 2 is 2.00 bits per heavy atom. The van der Waals surface area contributed by atoms with Gasteiger partial charge in [0.25, 0.3) is 6.08 Å². The number of hydrogen-bond acceptors (Lipinski definition) is 3. The fourth-order valence-electron chi connectivity index (χ4n) is 2.20. The van der Waals surface area contributed by atoms with Crippen LogP contribution in [0.3, 0.4) is 0 Å². The van der Waals surface area contributed by atoms with E-state index in [0.29, 0.717) is 17.7 Å². The van der Waals surface area contributed by atoms with Gasteiger partial charge in [0.1, 0.15) is 5.75 Å². The first-order valence-corrected chi connectivity index (χ1v) is 7.34. The van der Waals surface area contributed by atoms with Crippen LogP contribution in [-0.4, -0.2) is 13.1 Å². The lowest BCUT2D eigenvalue weighted by Crippen LogP contribution is -2.12. The summed E-state index contributed by atoms with van der Waals surface area (Å²) in [6.45, 7) is 3.22. The van der Waals surface area contributed by atoms with Crippen LogP contribution in [0.1, 0.15) is 51.2 Å². The molecular weight excluding hydrogens is 290 g/mol. The van der Waals surface area contributed by atoms with E-state index in [1.165, 1.54) is 14.0 Å². The zero-order chi connectivity index (χ0) is 16.5. The van der Waals surface area contributed by atoms with Gasteiger partial charge in [-0.3, -0.25) is 4.79 Å². The fourth-order valence-corrected chi connectivity index (χ4v) is 2.20. The first-order valence-electron chi connectivity index (χ1n) is 7.34. The minimum atomic E-state index is -1.79. The lowest BCUT2D eigenvalue weighted by atomic mass is 9.97. The van der Waals surface area contributed by atoms with E-state index in [4.69, 9.17) is 9.47 Å². The van der Waals surface area contributed by atoms with Crippen molar-refractivity contribution in [2.45, 2.75) is 45.6 Å². The highest BCUT2D eigenvalue weighted by Crippen LogP contribution is 2.34. The molecule has 0 aromatic heterocycles. The Labute approximate surface area is 129 Å². The second-order valence-corrected chi connectivity index (χ2v) is 5.01. The highest BCUT2D eigenvalue weighted by Gasteiger charge is 2.24. The molecule has 0 saturated heterocycles. The Kier molecular flexibility index (Phi) is 7.57. The van der Waals surface area contributed by atoms with Gasteiger partial charge in [-0.1, -0.05) is 31.9 Å². The molecule has 122 valence electrons. The van der Waals surface area contributed by atoms with Gasteiger partial charge in [0.2, 0.25) is 0 Å². The van der Waals surface area contributed by atoms with Crippen molar-refractivity contribution in [2.24, 2.45) is 0 Å². The standard InChI is InChI=1S/C17H22F2O3/c1-4-5-6-10-15(17(18)19)16(22-12(2)20)13-8-7-9-14(11-13)21-3/h7-9,11,16H,4-6,10H2,1-3H3. The molecule has 1 rings (SSSR count). The van der Waals surface area contributed by atoms with E-state index < -0.39 is 18.2 Å². The van der Waals surface area contributed by atoms with Crippen molar-refractivity contribution in [3.05, 3.63) is 41.5 Å². The molecule has 22 heavy (non-hydrogen) atoms. The molecule has 1 unspecified atom stereocenters. The van der Waals surface area contributed by atoms with Gasteiger partial charge in [0.05, 0.1) is 7.11 Å². The normalized spacial score (nSPS) is 11.7. The molecule has 1 atom stereocenters. The zero-order valence-electron chi connectivity index (χ0n) is 13.2. The number of carbonyl (C=O) groups excluding carboxylic acids is 1. The van der Waals surface area contributed by atoms with Crippen LogP contribution >= 0.6 is 0 Å². The number of benzene rings is 1. The van der Waals surface area contributed by atoms with E-state index in [1.54, 1.807) is 24.3 Å². The Morgan fingerprint density at radius 3 is 2.55 bits per heavy atom. The second-order valence-electron chi connectivity index (χ2n) is 5.01. The predicted octanol–water partition coefficient (Wildman–Crippen LogP) is 5.03. The van der Waals surface area contributed by atoms with E-state index in [1.807, 2.05) is 6.92 Å².